The molecule has 1 atom stereocenters. The van der Waals surface area contributed by atoms with Crippen LogP contribution in [0.25, 0.3) is 0 Å². The van der Waals surface area contributed by atoms with Crippen molar-refractivity contribution in [1.82, 2.24) is 0 Å². The van der Waals surface area contributed by atoms with Crippen LogP contribution in [-0.4, -0.2) is 39.1 Å². The average molecular weight is 280 g/mol. The number of sulfone groups is 1. The van der Waals surface area contributed by atoms with E-state index in [4.69, 9.17) is 0 Å². The number of nitrogens with one attached hydrogen (secondary N) is 1. The van der Waals surface area contributed by atoms with E-state index in [1.54, 1.807) is 0 Å². The molecule has 1 aromatic carbocycles. The molecule has 19 heavy (non-hydrogen) atoms. The molecule has 0 bridgehead atoms. The molecule has 1 saturated heterocycles. The highest BCUT2D eigenvalue weighted by molar-refractivity contribution is 7.91. The van der Waals surface area contributed by atoms with Gasteiger partial charge in [-0.1, -0.05) is 12.1 Å². The van der Waals surface area contributed by atoms with Gasteiger partial charge in [-0.15, -0.1) is 0 Å². The molecule has 4 nitrogen and oxygen atoms in total. The normalized spacial score (nSPS) is 25.5. The molecule has 1 unspecified atom stereocenters. The first-order valence-electron chi connectivity index (χ1n) is 6.90. The monoisotopic (exact) mass is 280 g/mol. The van der Waals surface area contributed by atoms with Crippen LogP contribution in [0.2, 0.25) is 0 Å². The summed E-state index contributed by atoms with van der Waals surface area (Å²) in [5.41, 5.74) is 3.73. The smallest absolute Gasteiger partial charge is 0.154 e. The fraction of sp³-hybridized carbons (Fsp3) is 0.571. The van der Waals surface area contributed by atoms with Crippen LogP contribution in [0.4, 0.5) is 11.4 Å². The van der Waals surface area contributed by atoms with E-state index in [0.29, 0.717) is 6.54 Å². The lowest BCUT2D eigenvalue weighted by Crippen LogP contribution is -2.47. The van der Waals surface area contributed by atoms with Crippen LogP contribution >= 0.6 is 0 Å². The first-order chi connectivity index (χ1) is 9.07. The molecule has 3 rings (SSSR count). The van der Waals surface area contributed by atoms with E-state index in [1.807, 2.05) is 6.92 Å². The van der Waals surface area contributed by atoms with Crippen LogP contribution in [0.15, 0.2) is 18.2 Å². The third-order valence-corrected chi connectivity index (χ3v) is 5.83. The number of hydrogen-bond donors (Lipinski definition) is 1. The van der Waals surface area contributed by atoms with Crippen molar-refractivity contribution in [3.8, 4) is 0 Å². The van der Waals surface area contributed by atoms with Gasteiger partial charge in [0.25, 0.3) is 0 Å². The summed E-state index contributed by atoms with van der Waals surface area (Å²) in [5.74, 6) is 0.525. The van der Waals surface area contributed by atoms with E-state index in [-0.39, 0.29) is 17.5 Å². The lowest BCUT2D eigenvalue weighted by Gasteiger charge is -2.37. The van der Waals surface area contributed by atoms with E-state index < -0.39 is 9.84 Å². The fourth-order valence-electron chi connectivity index (χ4n) is 3.09. The highest BCUT2D eigenvalue weighted by Crippen LogP contribution is 2.34. The van der Waals surface area contributed by atoms with Crippen molar-refractivity contribution in [3.05, 3.63) is 23.8 Å². The molecular formula is C14H20N2O2S. The zero-order chi connectivity index (χ0) is 13.5. The van der Waals surface area contributed by atoms with Crippen LogP contribution in [0, 0.1) is 0 Å². The third-order valence-electron chi connectivity index (χ3n) is 4.03. The van der Waals surface area contributed by atoms with Crippen molar-refractivity contribution in [2.24, 2.45) is 0 Å². The SMILES string of the molecule is CC1CS(=O)(=O)CCN1c1cccc2c1NCCC2. The van der Waals surface area contributed by atoms with Gasteiger partial charge in [0, 0.05) is 19.1 Å². The highest BCUT2D eigenvalue weighted by atomic mass is 32.2. The predicted molar refractivity (Wildman–Crippen MR) is 78.7 cm³/mol. The van der Waals surface area contributed by atoms with Crippen LogP contribution in [0.3, 0.4) is 0 Å². The second-order valence-corrected chi connectivity index (χ2v) is 7.73. The summed E-state index contributed by atoms with van der Waals surface area (Å²) in [7, 11) is -2.86. The van der Waals surface area contributed by atoms with Gasteiger partial charge < -0.3 is 10.2 Å². The summed E-state index contributed by atoms with van der Waals surface area (Å²) in [6, 6.07) is 6.40. The van der Waals surface area contributed by atoms with Crippen LogP contribution in [0.5, 0.6) is 0 Å². The Hall–Kier alpha value is -1.23. The number of benzene rings is 1. The van der Waals surface area contributed by atoms with E-state index in [9.17, 15) is 8.42 Å². The van der Waals surface area contributed by atoms with E-state index in [0.717, 1.165) is 13.0 Å². The van der Waals surface area contributed by atoms with Gasteiger partial charge in [-0.25, -0.2) is 8.42 Å². The van der Waals surface area contributed by atoms with Gasteiger partial charge in [-0.3, -0.25) is 0 Å². The maximum absolute atomic E-state index is 11.7. The second-order valence-electron chi connectivity index (χ2n) is 5.50. The number of para-hydroxylation sites is 1. The van der Waals surface area contributed by atoms with Crippen LogP contribution < -0.4 is 10.2 Å². The molecule has 1 fully saturated rings. The highest BCUT2D eigenvalue weighted by Gasteiger charge is 2.30. The van der Waals surface area contributed by atoms with Gasteiger partial charge in [-0.05, 0) is 31.4 Å². The summed E-state index contributed by atoms with van der Waals surface area (Å²) in [6.07, 6.45) is 2.27. The topological polar surface area (TPSA) is 49.4 Å². The Morgan fingerprint density at radius 1 is 1.37 bits per heavy atom. The number of nitrogens with zero attached hydrogens (tertiary/aromatic N) is 1. The molecule has 5 heteroatoms. The van der Waals surface area contributed by atoms with Gasteiger partial charge in [0.15, 0.2) is 9.84 Å². The quantitative estimate of drug-likeness (QED) is 0.850. The Labute approximate surface area is 114 Å². The Morgan fingerprint density at radius 3 is 3.00 bits per heavy atom. The maximum Gasteiger partial charge on any atom is 0.154 e. The molecule has 0 aliphatic carbocycles. The number of anilines is 2. The van der Waals surface area contributed by atoms with Crippen molar-refractivity contribution >= 4 is 21.2 Å². The third kappa shape index (κ3) is 2.43. The lowest BCUT2D eigenvalue weighted by atomic mass is 10.0. The van der Waals surface area contributed by atoms with Gasteiger partial charge in [-0.2, -0.15) is 0 Å². The van der Waals surface area contributed by atoms with E-state index in [2.05, 4.69) is 28.4 Å². The molecular weight excluding hydrogens is 260 g/mol. The van der Waals surface area contributed by atoms with Gasteiger partial charge in [0.2, 0.25) is 0 Å². The molecule has 1 N–H and O–H groups in total. The molecule has 104 valence electrons. The minimum absolute atomic E-state index is 0.0500. The maximum atomic E-state index is 11.7. The largest absolute Gasteiger partial charge is 0.383 e. The summed E-state index contributed by atoms with van der Waals surface area (Å²) in [6.45, 7) is 3.60. The minimum atomic E-state index is -2.86. The summed E-state index contributed by atoms with van der Waals surface area (Å²) in [4.78, 5) is 2.23. The van der Waals surface area contributed by atoms with Crippen molar-refractivity contribution in [2.45, 2.75) is 25.8 Å². The van der Waals surface area contributed by atoms with Crippen molar-refractivity contribution < 1.29 is 8.42 Å². The van der Waals surface area contributed by atoms with Crippen molar-refractivity contribution in [1.29, 1.82) is 0 Å². The number of rotatable bonds is 1. The number of fused-ring (bicyclic) bond motifs is 1. The van der Waals surface area contributed by atoms with Gasteiger partial charge in [0.05, 0.1) is 22.9 Å². The zero-order valence-electron chi connectivity index (χ0n) is 11.2. The lowest BCUT2D eigenvalue weighted by molar-refractivity contribution is 0.568. The summed E-state index contributed by atoms with van der Waals surface area (Å²) >= 11 is 0. The number of hydrogen-bond acceptors (Lipinski definition) is 4. The first kappa shape index (κ1) is 12.8. The van der Waals surface area contributed by atoms with E-state index in [1.165, 1.54) is 23.4 Å². The molecule has 0 spiro atoms. The van der Waals surface area contributed by atoms with Crippen molar-refractivity contribution in [2.75, 3.05) is 34.8 Å². The molecule has 2 aliphatic heterocycles. The predicted octanol–water partition coefficient (Wildman–Crippen LogP) is 1.67. The van der Waals surface area contributed by atoms with Crippen LogP contribution in [-0.2, 0) is 16.3 Å². The Bertz CT molecular complexity index is 583. The summed E-state index contributed by atoms with van der Waals surface area (Å²) in [5, 5.41) is 3.48. The molecule has 1 aromatic rings. The molecule has 2 heterocycles. The van der Waals surface area contributed by atoms with Crippen LogP contribution in [0.1, 0.15) is 18.9 Å². The fourth-order valence-corrected chi connectivity index (χ4v) is 4.64. The zero-order valence-corrected chi connectivity index (χ0v) is 12.0. The molecule has 2 aliphatic rings. The molecule has 0 amide bonds. The Morgan fingerprint density at radius 2 is 2.21 bits per heavy atom. The standard InChI is InChI=1S/C14H20N2O2S/c1-11-10-19(17,18)9-8-16(11)13-6-2-4-12-5-3-7-15-14(12)13/h2,4,6,11,15H,3,5,7-10H2,1H3. The van der Waals surface area contributed by atoms with E-state index >= 15 is 0 Å². The Balaban J connectivity index is 1.95. The average Bonchev–Trinajstić information content (AvgIpc) is 2.37. The summed E-state index contributed by atoms with van der Waals surface area (Å²) < 4.78 is 23.4. The minimum Gasteiger partial charge on any atom is -0.383 e. The molecule has 0 saturated carbocycles. The first-order valence-corrected chi connectivity index (χ1v) is 8.72. The second kappa shape index (κ2) is 4.71. The van der Waals surface area contributed by atoms with Gasteiger partial charge in [0.1, 0.15) is 0 Å². The number of aryl methyl sites for hydroxylation is 1. The molecule has 0 radical (unpaired) electrons. The molecule has 0 aromatic heterocycles. The van der Waals surface area contributed by atoms with Gasteiger partial charge >= 0.3 is 0 Å². The van der Waals surface area contributed by atoms with Crippen molar-refractivity contribution in [3.63, 3.8) is 0 Å². The Kier molecular flexibility index (Phi) is 3.17.